The van der Waals surface area contributed by atoms with Crippen molar-refractivity contribution in [3.63, 3.8) is 0 Å². The minimum Gasteiger partial charge on any atom is -0.490 e. The Morgan fingerprint density at radius 3 is 1.14 bits per heavy atom. The van der Waals surface area contributed by atoms with Gasteiger partial charge in [-0.25, -0.2) is 0 Å². The summed E-state index contributed by atoms with van der Waals surface area (Å²) in [6.45, 7) is 3.12. The Bertz CT molecular complexity index is 898. The standard InChI is InChI=1S/C32H42O4/c1-19-2-21-3-20(1)10-31(9-19,11-21)27-7-30(36-18-26-16-34-26)28(8-29(27)35-17-25-15-33-25)32-12-22-4-23(13-32)6-24(5-22)14-32/h7-8,19-26H,1-6,9-18H2. The van der Waals surface area contributed by atoms with Crippen LogP contribution in [-0.2, 0) is 20.3 Å². The lowest BCUT2D eigenvalue weighted by Crippen LogP contribution is -2.49. The number of ether oxygens (including phenoxy) is 4. The van der Waals surface area contributed by atoms with Crippen LogP contribution in [0.25, 0.3) is 0 Å². The Morgan fingerprint density at radius 1 is 0.556 bits per heavy atom. The van der Waals surface area contributed by atoms with Gasteiger partial charge in [-0.15, -0.1) is 0 Å². The molecule has 36 heavy (non-hydrogen) atoms. The zero-order chi connectivity index (χ0) is 23.5. The molecule has 2 aliphatic heterocycles. The predicted molar refractivity (Wildman–Crippen MR) is 137 cm³/mol. The summed E-state index contributed by atoms with van der Waals surface area (Å²) in [7, 11) is 0. The summed E-state index contributed by atoms with van der Waals surface area (Å²) in [6.07, 6.45) is 17.6. The van der Waals surface area contributed by atoms with Crippen molar-refractivity contribution in [3.8, 4) is 11.5 Å². The van der Waals surface area contributed by atoms with Gasteiger partial charge in [0.15, 0.2) is 0 Å². The Kier molecular flexibility index (Phi) is 4.60. The van der Waals surface area contributed by atoms with Crippen molar-refractivity contribution in [2.24, 2.45) is 35.5 Å². The van der Waals surface area contributed by atoms with Crippen LogP contribution in [0.3, 0.4) is 0 Å². The highest BCUT2D eigenvalue weighted by Gasteiger charge is 2.55. The van der Waals surface area contributed by atoms with Gasteiger partial charge >= 0.3 is 0 Å². The monoisotopic (exact) mass is 490 g/mol. The molecule has 2 atom stereocenters. The lowest BCUT2D eigenvalue weighted by Gasteiger charge is -2.58. The summed E-state index contributed by atoms with van der Waals surface area (Å²) in [5.41, 5.74) is 3.57. The van der Waals surface area contributed by atoms with Crippen LogP contribution in [0.15, 0.2) is 12.1 Å². The van der Waals surface area contributed by atoms with E-state index in [1.807, 2.05) is 0 Å². The minimum atomic E-state index is 0.292. The van der Waals surface area contributed by atoms with E-state index in [4.69, 9.17) is 18.9 Å². The van der Waals surface area contributed by atoms with Gasteiger partial charge in [-0.3, -0.25) is 0 Å². The SMILES string of the molecule is c1c(OCC2CO2)c(C23CC4CC(CC(C4)C2)C3)cc(OCC2CO2)c1C12CC3CC(CC(C3)C1)C2. The van der Waals surface area contributed by atoms with E-state index in [0.717, 1.165) is 48.7 Å². The molecule has 0 amide bonds. The molecule has 4 nitrogen and oxygen atoms in total. The van der Waals surface area contributed by atoms with Crippen LogP contribution < -0.4 is 9.47 Å². The zero-order valence-corrected chi connectivity index (χ0v) is 21.7. The van der Waals surface area contributed by atoms with Crippen molar-refractivity contribution in [3.05, 3.63) is 23.3 Å². The summed E-state index contributed by atoms with van der Waals surface area (Å²) in [5, 5.41) is 0. The molecule has 0 spiro atoms. The number of benzene rings is 1. The van der Waals surface area contributed by atoms with E-state index >= 15 is 0 Å². The molecule has 194 valence electrons. The molecule has 0 aromatic heterocycles. The van der Waals surface area contributed by atoms with Gasteiger partial charge in [-0.05, 0) is 136 Å². The summed E-state index contributed by atoms with van der Waals surface area (Å²) < 4.78 is 24.6. The van der Waals surface area contributed by atoms with E-state index in [0.29, 0.717) is 36.3 Å². The number of hydrogen-bond acceptors (Lipinski definition) is 4. The van der Waals surface area contributed by atoms with Gasteiger partial charge in [-0.2, -0.15) is 0 Å². The van der Waals surface area contributed by atoms with Crippen LogP contribution in [0.1, 0.15) is 88.2 Å². The first-order chi connectivity index (χ1) is 17.6. The van der Waals surface area contributed by atoms with Gasteiger partial charge in [0.2, 0.25) is 0 Å². The van der Waals surface area contributed by atoms with Crippen molar-refractivity contribution < 1.29 is 18.9 Å². The maximum Gasteiger partial charge on any atom is 0.123 e. The van der Waals surface area contributed by atoms with E-state index < -0.39 is 0 Å². The maximum absolute atomic E-state index is 6.74. The Hall–Kier alpha value is -1.26. The quantitative estimate of drug-likeness (QED) is 0.408. The topological polar surface area (TPSA) is 43.5 Å². The molecule has 8 bridgehead atoms. The van der Waals surface area contributed by atoms with E-state index in [1.54, 1.807) is 0 Å². The zero-order valence-electron chi connectivity index (χ0n) is 21.7. The van der Waals surface area contributed by atoms with Crippen molar-refractivity contribution in [2.75, 3.05) is 26.4 Å². The number of rotatable bonds is 8. The van der Waals surface area contributed by atoms with Crippen LogP contribution in [0.4, 0.5) is 0 Å². The average molecular weight is 491 g/mol. The van der Waals surface area contributed by atoms with E-state index in [2.05, 4.69) is 12.1 Å². The molecule has 10 fully saturated rings. The Labute approximate surface area is 215 Å². The molecule has 8 aliphatic carbocycles. The molecule has 2 unspecified atom stereocenters. The molecule has 2 saturated heterocycles. The molecule has 0 N–H and O–H groups in total. The largest absolute Gasteiger partial charge is 0.490 e. The van der Waals surface area contributed by atoms with Gasteiger partial charge in [-0.1, -0.05) is 0 Å². The normalized spacial score (nSPS) is 48.9. The van der Waals surface area contributed by atoms with Crippen molar-refractivity contribution in [1.29, 1.82) is 0 Å². The molecule has 2 heterocycles. The first-order valence-electron chi connectivity index (χ1n) is 15.3. The van der Waals surface area contributed by atoms with Gasteiger partial charge in [0.05, 0.1) is 13.2 Å². The third-order valence-corrected chi connectivity index (χ3v) is 12.0. The minimum absolute atomic E-state index is 0.292. The number of hydrogen-bond donors (Lipinski definition) is 0. The molecule has 10 aliphatic rings. The first kappa shape index (κ1) is 21.6. The molecule has 1 aromatic carbocycles. The second kappa shape index (κ2) is 7.65. The van der Waals surface area contributed by atoms with Gasteiger partial charge in [0.25, 0.3) is 0 Å². The maximum atomic E-state index is 6.74. The van der Waals surface area contributed by atoms with Crippen LogP contribution in [0.5, 0.6) is 11.5 Å². The molecule has 1 aromatic rings. The van der Waals surface area contributed by atoms with Crippen LogP contribution in [0, 0.1) is 35.5 Å². The van der Waals surface area contributed by atoms with Crippen molar-refractivity contribution in [2.45, 2.75) is 100 Å². The Morgan fingerprint density at radius 2 is 0.861 bits per heavy atom. The third kappa shape index (κ3) is 3.52. The molecule has 11 rings (SSSR count). The van der Waals surface area contributed by atoms with Crippen LogP contribution >= 0.6 is 0 Å². The molecular weight excluding hydrogens is 448 g/mol. The highest BCUT2D eigenvalue weighted by atomic mass is 16.6. The smallest absolute Gasteiger partial charge is 0.123 e. The highest BCUT2D eigenvalue weighted by molar-refractivity contribution is 5.54. The van der Waals surface area contributed by atoms with Gasteiger partial charge in [0.1, 0.15) is 36.9 Å². The summed E-state index contributed by atoms with van der Waals surface area (Å²) >= 11 is 0. The summed E-state index contributed by atoms with van der Waals surface area (Å²) in [4.78, 5) is 0. The van der Waals surface area contributed by atoms with Gasteiger partial charge < -0.3 is 18.9 Å². The fraction of sp³-hybridized carbons (Fsp3) is 0.812. The highest BCUT2D eigenvalue weighted by Crippen LogP contribution is 2.65. The fourth-order valence-electron chi connectivity index (χ4n) is 11.2. The third-order valence-electron chi connectivity index (χ3n) is 12.0. The molecule has 4 heteroatoms. The van der Waals surface area contributed by atoms with E-state index in [1.165, 1.54) is 99.7 Å². The lowest BCUT2D eigenvalue weighted by molar-refractivity contribution is -0.00899. The number of epoxide rings is 2. The van der Waals surface area contributed by atoms with Crippen molar-refractivity contribution in [1.82, 2.24) is 0 Å². The summed E-state index contributed by atoms with van der Waals surface area (Å²) in [6, 6.07) is 5.04. The lowest BCUT2D eigenvalue weighted by atomic mass is 9.47. The molecule has 0 radical (unpaired) electrons. The predicted octanol–water partition coefficient (Wildman–Crippen LogP) is 6.18. The fourth-order valence-corrected chi connectivity index (χ4v) is 11.2. The summed E-state index contributed by atoms with van der Waals surface area (Å²) in [5.74, 6) is 7.89. The van der Waals surface area contributed by atoms with E-state index in [9.17, 15) is 0 Å². The van der Waals surface area contributed by atoms with Gasteiger partial charge in [0, 0.05) is 11.1 Å². The second-order valence-electron chi connectivity index (χ2n) is 14.8. The van der Waals surface area contributed by atoms with E-state index in [-0.39, 0.29) is 0 Å². The average Bonchev–Trinajstić information content (AvgIpc) is 3.75. The van der Waals surface area contributed by atoms with Crippen LogP contribution in [-0.4, -0.2) is 38.6 Å². The first-order valence-corrected chi connectivity index (χ1v) is 15.3. The Balaban J connectivity index is 1.16. The van der Waals surface area contributed by atoms with Crippen molar-refractivity contribution >= 4 is 0 Å². The molecular formula is C32H42O4. The molecule has 8 saturated carbocycles. The second-order valence-corrected chi connectivity index (χ2v) is 14.8. The van der Waals surface area contributed by atoms with Crippen LogP contribution in [0.2, 0.25) is 0 Å².